The second-order valence-electron chi connectivity index (χ2n) is 3.20. The van der Waals surface area contributed by atoms with E-state index < -0.39 is 23.6 Å². The van der Waals surface area contributed by atoms with Crippen molar-refractivity contribution in [2.75, 3.05) is 6.61 Å². The van der Waals surface area contributed by atoms with Gasteiger partial charge in [-0.3, -0.25) is 4.79 Å². The fourth-order valence-corrected chi connectivity index (χ4v) is 1.01. The number of halogens is 2. The Morgan fingerprint density at radius 1 is 1.50 bits per heavy atom. The smallest absolute Gasteiger partial charge is 0.322 e. The molecule has 0 saturated heterocycles. The number of carboxylic acid groups (broad SMARTS) is 1. The molecule has 6 heteroatoms. The molecule has 0 radical (unpaired) electrons. The lowest BCUT2D eigenvalue weighted by Gasteiger charge is -2.08. The molecule has 0 unspecified atom stereocenters. The van der Waals surface area contributed by atoms with Crippen molar-refractivity contribution in [2.24, 2.45) is 5.73 Å². The molecule has 88 valence electrons. The van der Waals surface area contributed by atoms with Crippen molar-refractivity contribution in [3.63, 3.8) is 0 Å². The second kappa shape index (κ2) is 5.53. The molecule has 0 saturated carbocycles. The minimum atomic E-state index is -1.19. The van der Waals surface area contributed by atoms with E-state index in [9.17, 15) is 13.6 Å². The molecule has 0 fully saturated rings. The fraction of sp³-hybridized carbons (Fsp3) is 0.300. The first-order chi connectivity index (χ1) is 7.50. The quantitative estimate of drug-likeness (QED) is 0.789. The Balaban J connectivity index is 2.46. The molecule has 0 amide bonds. The zero-order valence-electron chi connectivity index (χ0n) is 8.32. The number of rotatable bonds is 5. The predicted octanol–water partition coefficient (Wildman–Crippen LogP) is 0.893. The van der Waals surface area contributed by atoms with Gasteiger partial charge in [-0.05, 0) is 6.07 Å². The highest BCUT2D eigenvalue weighted by molar-refractivity contribution is 5.73. The normalized spacial score (nSPS) is 12.4. The van der Waals surface area contributed by atoms with Crippen molar-refractivity contribution in [3.8, 4) is 0 Å². The first-order valence-corrected chi connectivity index (χ1v) is 4.50. The Morgan fingerprint density at radius 3 is 2.75 bits per heavy atom. The van der Waals surface area contributed by atoms with E-state index in [2.05, 4.69) is 0 Å². The summed E-state index contributed by atoms with van der Waals surface area (Å²) in [4.78, 5) is 10.3. The van der Waals surface area contributed by atoms with Crippen molar-refractivity contribution in [1.29, 1.82) is 0 Å². The van der Waals surface area contributed by atoms with Gasteiger partial charge in [0, 0.05) is 11.6 Å². The summed E-state index contributed by atoms with van der Waals surface area (Å²) in [7, 11) is 0. The van der Waals surface area contributed by atoms with E-state index in [0.717, 1.165) is 12.1 Å². The number of nitrogens with two attached hydrogens (primary N) is 1. The van der Waals surface area contributed by atoms with Crippen LogP contribution in [0.1, 0.15) is 5.56 Å². The van der Waals surface area contributed by atoms with Crippen LogP contribution < -0.4 is 5.73 Å². The zero-order valence-corrected chi connectivity index (χ0v) is 8.32. The molecule has 0 aliphatic heterocycles. The number of benzene rings is 1. The number of aliphatic carboxylic acids is 1. The molecule has 1 rings (SSSR count). The third-order valence-corrected chi connectivity index (χ3v) is 1.89. The van der Waals surface area contributed by atoms with Crippen LogP contribution in [0.25, 0.3) is 0 Å². The summed E-state index contributed by atoms with van der Waals surface area (Å²) in [6.45, 7) is -0.376. The molecule has 1 aromatic rings. The number of ether oxygens (including phenoxy) is 1. The molecule has 1 atom stereocenters. The first-order valence-electron chi connectivity index (χ1n) is 4.50. The highest BCUT2D eigenvalue weighted by Gasteiger charge is 2.11. The van der Waals surface area contributed by atoms with Crippen LogP contribution >= 0.6 is 0 Å². The zero-order chi connectivity index (χ0) is 12.1. The first kappa shape index (κ1) is 12.5. The topological polar surface area (TPSA) is 72.5 Å². The lowest BCUT2D eigenvalue weighted by molar-refractivity contribution is -0.140. The maximum Gasteiger partial charge on any atom is 0.322 e. The number of carboxylic acids is 1. The van der Waals surface area contributed by atoms with E-state index in [0.29, 0.717) is 0 Å². The van der Waals surface area contributed by atoms with E-state index in [4.69, 9.17) is 15.6 Å². The van der Waals surface area contributed by atoms with Crippen molar-refractivity contribution < 1.29 is 23.4 Å². The summed E-state index contributed by atoms with van der Waals surface area (Å²) in [6.07, 6.45) is 0. The van der Waals surface area contributed by atoms with Gasteiger partial charge in [0.05, 0.1) is 13.2 Å². The van der Waals surface area contributed by atoms with Gasteiger partial charge in [-0.1, -0.05) is 6.07 Å². The van der Waals surface area contributed by atoms with Crippen molar-refractivity contribution in [2.45, 2.75) is 12.6 Å². The SMILES string of the molecule is N[C@H](COCc1ccc(F)cc1F)C(=O)O. The summed E-state index contributed by atoms with van der Waals surface area (Å²) in [5.41, 5.74) is 5.32. The Kier molecular flexibility index (Phi) is 4.33. The lowest BCUT2D eigenvalue weighted by atomic mass is 10.2. The van der Waals surface area contributed by atoms with Gasteiger partial charge in [-0.2, -0.15) is 0 Å². The van der Waals surface area contributed by atoms with Gasteiger partial charge in [-0.25, -0.2) is 8.78 Å². The van der Waals surface area contributed by atoms with Gasteiger partial charge in [-0.15, -0.1) is 0 Å². The summed E-state index contributed by atoms with van der Waals surface area (Å²) in [5.74, 6) is -2.60. The molecule has 0 aromatic heterocycles. The minimum Gasteiger partial charge on any atom is -0.480 e. The summed E-state index contributed by atoms with van der Waals surface area (Å²) in [6, 6.07) is 1.91. The number of hydrogen-bond donors (Lipinski definition) is 2. The minimum absolute atomic E-state index is 0.146. The Hall–Kier alpha value is -1.53. The van der Waals surface area contributed by atoms with Crippen LogP contribution in [0.3, 0.4) is 0 Å². The van der Waals surface area contributed by atoms with Crippen LogP contribution in [-0.2, 0) is 16.1 Å². The highest BCUT2D eigenvalue weighted by Crippen LogP contribution is 2.10. The van der Waals surface area contributed by atoms with E-state index in [-0.39, 0.29) is 18.8 Å². The third-order valence-electron chi connectivity index (χ3n) is 1.89. The molecule has 16 heavy (non-hydrogen) atoms. The van der Waals surface area contributed by atoms with Crippen molar-refractivity contribution >= 4 is 5.97 Å². The van der Waals surface area contributed by atoms with Crippen LogP contribution in [-0.4, -0.2) is 23.7 Å². The van der Waals surface area contributed by atoms with E-state index in [1.54, 1.807) is 0 Å². The van der Waals surface area contributed by atoms with Crippen LogP contribution in [0.2, 0.25) is 0 Å². The molecular weight excluding hydrogens is 220 g/mol. The standard InChI is InChI=1S/C10H11F2NO3/c11-7-2-1-6(8(12)3-7)4-16-5-9(13)10(14)15/h1-3,9H,4-5,13H2,(H,14,15)/t9-/m1/s1. The van der Waals surface area contributed by atoms with Crippen molar-refractivity contribution in [3.05, 3.63) is 35.4 Å². The van der Waals surface area contributed by atoms with Gasteiger partial charge in [0.2, 0.25) is 0 Å². The van der Waals surface area contributed by atoms with Gasteiger partial charge >= 0.3 is 5.97 Å². The highest BCUT2D eigenvalue weighted by atomic mass is 19.1. The number of hydrogen-bond acceptors (Lipinski definition) is 3. The van der Waals surface area contributed by atoms with Crippen LogP contribution in [0.5, 0.6) is 0 Å². The molecular formula is C10H11F2NO3. The predicted molar refractivity (Wildman–Crippen MR) is 51.6 cm³/mol. The van der Waals surface area contributed by atoms with Gasteiger partial charge in [0.1, 0.15) is 17.7 Å². The Labute approximate surface area is 90.6 Å². The molecule has 0 bridgehead atoms. The molecule has 3 N–H and O–H groups in total. The molecule has 0 aliphatic carbocycles. The summed E-state index contributed by atoms with van der Waals surface area (Å²) < 4.78 is 30.5. The molecule has 0 aliphatic rings. The molecule has 1 aromatic carbocycles. The van der Waals surface area contributed by atoms with E-state index in [1.165, 1.54) is 6.07 Å². The van der Waals surface area contributed by atoms with Gasteiger partial charge in [0.15, 0.2) is 0 Å². The van der Waals surface area contributed by atoms with Gasteiger partial charge < -0.3 is 15.6 Å². The van der Waals surface area contributed by atoms with Crippen LogP contribution in [0.15, 0.2) is 18.2 Å². The monoisotopic (exact) mass is 231 g/mol. The Morgan fingerprint density at radius 2 is 2.19 bits per heavy atom. The van der Waals surface area contributed by atoms with E-state index >= 15 is 0 Å². The average molecular weight is 231 g/mol. The fourth-order valence-electron chi connectivity index (χ4n) is 1.01. The lowest BCUT2D eigenvalue weighted by Crippen LogP contribution is -2.34. The molecule has 4 nitrogen and oxygen atoms in total. The molecule has 0 heterocycles. The van der Waals surface area contributed by atoms with Crippen LogP contribution in [0, 0.1) is 11.6 Å². The maximum atomic E-state index is 13.1. The third kappa shape index (κ3) is 3.56. The Bertz CT molecular complexity index is 384. The van der Waals surface area contributed by atoms with Crippen LogP contribution in [0.4, 0.5) is 8.78 Å². The van der Waals surface area contributed by atoms with Crippen molar-refractivity contribution in [1.82, 2.24) is 0 Å². The molecule has 0 spiro atoms. The summed E-state index contributed by atoms with van der Waals surface area (Å²) in [5, 5.41) is 8.44. The van der Waals surface area contributed by atoms with E-state index in [1.807, 2.05) is 0 Å². The largest absolute Gasteiger partial charge is 0.480 e. The summed E-state index contributed by atoms with van der Waals surface area (Å²) >= 11 is 0. The average Bonchev–Trinajstić information content (AvgIpc) is 2.20. The maximum absolute atomic E-state index is 13.1. The van der Waals surface area contributed by atoms with Gasteiger partial charge in [0.25, 0.3) is 0 Å². The number of carbonyl (C=O) groups is 1. The second-order valence-corrected chi connectivity index (χ2v) is 3.20.